The van der Waals surface area contributed by atoms with E-state index in [0.717, 1.165) is 0 Å². The van der Waals surface area contributed by atoms with E-state index in [1.54, 1.807) is 31.4 Å². The Morgan fingerprint density at radius 1 is 1.12 bits per heavy atom. The molecular weight excluding hydrogens is 325 g/mol. The van der Waals surface area contributed by atoms with Crippen LogP contribution in [-0.4, -0.2) is 23.0 Å². The zero-order chi connectivity index (χ0) is 17.8. The minimum Gasteiger partial charge on any atom is -0.497 e. The maximum Gasteiger partial charge on any atom is 0.346 e. The van der Waals surface area contributed by atoms with Gasteiger partial charge in [0.2, 0.25) is 0 Å². The molecule has 0 aliphatic rings. The number of aromatic nitrogens is 2. The van der Waals surface area contributed by atoms with Crippen LogP contribution < -0.4 is 15.7 Å². The first-order valence-electron chi connectivity index (χ1n) is 7.38. The van der Waals surface area contributed by atoms with E-state index < -0.39 is 17.4 Å². The van der Waals surface area contributed by atoms with Crippen molar-refractivity contribution in [1.82, 2.24) is 9.97 Å². The van der Waals surface area contributed by atoms with Gasteiger partial charge in [-0.25, -0.2) is 9.18 Å². The van der Waals surface area contributed by atoms with Crippen molar-refractivity contribution in [3.05, 3.63) is 76.6 Å². The first-order valence-corrected chi connectivity index (χ1v) is 7.38. The van der Waals surface area contributed by atoms with Gasteiger partial charge in [-0.1, -0.05) is 0 Å². The zero-order valence-corrected chi connectivity index (χ0v) is 13.2. The van der Waals surface area contributed by atoms with Crippen LogP contribution >= 0.6 is 0 Å². The number of hydrogen-bond acceptors (Lipinski definition) is 4. The van der Waals surface area contributed by atoms with Crippen LogP contribution in [0.25, 0.3) is 11.3 Å². The third-order valence-corrected chi connectivity index (χ3v) is 3.48. The molecule has 1 heterocycles. The standard InChI is InChI=1S/C18H14FN3O3/c1-25-14-8-6-13(7-9-14)20-17(23)16-10-15(21-18(24)22-16)11-2-4-12(19)5-3-11/h2-10H,1H3,(H,20,23)(H,21,22,24). The predicted molar refractivity (Wildman–Crippen MR) is 91.2 cm³/mol. The minimum atomic E-state index is -0.665. The second kappa shape index (κ2) is 6.96. The molecule has 0 saturated carbocycles. The van der Waals surface area contributed by atoms with Crippen LogP contribution in [0.1, 0.15) is 10.5 Å². The van der Waals surface area contributed by atoms with Gasteiger partial charge in [0.05, 0.1) is 12.8 Å². The molecule has 3 rings (SSSR count). The average molecular weight is 339 g/mol. The summed E-state index contributed by atoms with van der Waals surface area (Å²) in [6.45, 7) is 0. The molecule has 6 nitrogen and oxygen atoms in total. The van der Waals surface area contributed by atoms with Crippen molar-refractivity contribution in [3.63, 3.8) is 0 Å². The lowest BCUT2D eigenvalue weighted by Crippen LogP contribution is -2.21. The van der Waals surface area contributed by atoms with Crippen molar-refractivity contribution < 1.29 is 13.9 Å². The molecule has 1 aromatic heterocycles. The molecule has 0 atom stereocenters. The largest absolute Gasteiger partial charge is 0.497 e. The number of nitrogens with zero attached hydrogens (tertiary/aromatic N) is 1. The van der Waals surface area contributed by atoms with Crippen molar-refractivity contribution in [1.29, 1.82) is 0 Å². The summed E-state index contributed by atoms with van der Waals surface area (Å²) in [5.74, 6) is -0.229. The first kappa shape index (κ1) is 16.4. The topological polar surface area (TPSA) is 84.1 Å². The van der Waals surface area contributed by atoms with Crippen LogP contribution in [-0.2, 0) is 0 Å². The molecule has 0 aliphatic carbocycles. The van der Waals surface area contributed by atoms with E-state index in [1.807, 2.05) is 0 Å². The third-order valence-electron chi connectivity index (χ3n) is 3.48. The van der Waals surface area contributed by atoms with Crippen molar-refractivity contribution in [2.45, 2.75) is 0 Å². The SMILES string of the molecule is COc1ccc(NC(=O)c2cc(-c3ccc(F)cc3)nc(=O)[nH]2)cc1. The van der Waals surface area contributed by atoms with E-state index in [9.17, 15) is 14.0 Å². The molecule has 0 radical (unpaired) electrons. The Morgan fingerprint density at radius 3 is 2.44 bits per heavy atom. The fourth-order valence-electron chi connectivity index (χ4n) is 2.22. The van der Waals surface area contributed by atoms with E-state index in [1.165, 1.54) is 30.3 Å². The summed E-state index contributed by atoms with van der Waals surface area (Å²) in [5.41, 5.74) is 0.748. The Balaban J connectivity index is 1.87. The lowest BCUT2D eigenvalue weighted by molar-refractivity contribution is 0.102. The maximum absolute atomic E-state index is 13.0. The molecule has 3 aromatic rings. The number of amides is 1. The van der Waals surface area contributed by atoms with Gasteiger partial charge < -0.3 is 15.0 Å². The number of rotatable bonds is 4. The second-order valence-electron chi connectivity index (χ2n) is 5.17. The number of nitrogens with one attached hydrogen (secondary N) is 2. The number of anilines is 1. The average Bonchev–Trinajstić information content (AvgIpc) is 2.62. The molecule has 2 N–H and O–H groups in total. The van der Waals surface area contributed by atoms with E-state index in [0.29, 0.717) is 17.0 Å². The van der Waals surface area contributed by atoms with Gasteiger partial charge in [-0.3, -0.25) is 4.79 Å². The molecule has 0 spiro atoms. The molecular formula is C18H14FN3O3. The number of H-pyrrole nitrogens is 1. The Morgan fingerprint density at radius 2 is 1.80 bits per heavy atom. The summed E-state index contributed by atoms with van der Waals surface area (Å²) in [7, 11) is 1.55. The summed E-state index contributed by atoms with van der Waals surface area (Å²) in [4.78, 5) is 30.3. The normalized spacial score (nSPS) is 10.3. The molecule has 1 amide bonds. The number of aromatic amines is 1. The highest BCUT2D eigenvalue weighted by Crippen LogP contribution is 2.18. The molecule has 126 valence electrons. The van der Waals surface area contributed by atoms with Gasteiger partial charge in [-0.15, -0.1) is 0 Å². The summed E-state index contributed by atoms with van der Waals surface area (Å²) in [5, 5.41) is 2.67. The zero-order valence-electron chi connectivity index (χ0n) is 13.2. The highest BCUT2D eigenvalue weighted by molar-refractivity contribution is 6.03. The van der Waals surface area contributed by atoms with Crippen LogP contribution in [0.5, 0.6) is 5.75 Å². The number of halogens is 1. The first-order chi connectivity index (χ1) is 12.0. The number of carbonyl (C=O) groups is 1. The highest BCUT2D eigenvalue weighted by Gasteiger charge is 2.11. The van der Waals surface area contributed by atoms with Crippen LogP contribution in [0.2, 0.25) is 0 Å². The predicted octanol–water partition coefficient (Wildman–Crippen LogP) is 2.84. The van der Waals surface area contributed by atoms with E-state index in [2.05, 4.69) is 15.3 Å². The van der Waals surface area contributed by atoms with Crippen LogP contribution in [0, 0.1) is 5.82 Å². The number of hydrogen-bond donors (Lipinski definition) is 2. The van der Waals surface area contributed by atoms with Gasteiger partial charge in [0, 0.05) is 11.3 Å². The monoisotopic (exact) mass is 339 g/mol. The van der Waals surface area contributed by atoms with Crippen molar-refractivity contribution in [3.8, 4) is 17.0 Å². The molecule has 0 fully saturated rings. The highest BCUT2D eigenvalue weighted by atomic mass is 19.1. The van der Waals surface area contributed by atoms with Crippen LogP contribution in [0.4, 0.5) is 10.1 Å². The molecule has 0 saturated heterocycles. The number of benzene rings is 2. The van der Waals surface area contributed by atoms with Gasteiger partial charge in [0.25, 0.3) is 5.91 Å². The smallest absolute Gasteiger partial charge is 0.346 e. The Kier molecular flexibility index (Phi) is 4.56. The summed E-state index contributed by atoms with van der Waals surface area (Å²) >= 11 is 0. The lowest BCUT2D eigenvalue weighted by Gasteiger charge is -2.07. The fourth-order valence-corrected chi connectivity index (χ4v) is 2.22. The van der Waals surface area contributed by atoms with E-state index >= 15 is 0 Å². The molecule has 25 heavy (non-hydrogen) atoms. The van der Waals surface area contributed by atoms with E-state index in [-0.39, 0.29) is 11.4 Å². The van der Waals surface area contributed by atoms with Gasteiger partial charge in [0.15, 0.2) is 0 Å². The van der Waals surface area contributed by atoms with Crippen molar-refractivity contribution in [2.24, 2.45) is 0 Å². The van der Waals surface area contributed by atoms with Gasteiger partial charge in [-0.05, 0) is 54.6 Å². The summed E-state index contributed by atoms with van der Waals surface area (Å²) in [6, 6.07) is 13.7. The number of carbonyl (C=O) groups excluding carboxylic acids is 1. The van der Waals surface area contributed by atoms with Gasteiger partial charge in [0.1, 0.15) is 17.3 Å². The Hall–Kier alpha value is -3.48. The molecule has 2 aromatic carbocycles. The van der Waals surface area contributed by atoms with E-state index in [4.69, 9.17) is 4.74 Å². The molecule has 0 bridgehead atoms. The van der Waals surface area contributed by atoms with Crippen molar-refractivity contribution in [2.75, 3.05) is 12.4 Å². The fraction of sp³-hybridized carbons (Fsp3) is 0.0556. The lowest BCUT2D eigenvalue weighted by atomic mass is 10.1. The summed E-state index contributed by atoms with van der Waals surface area (Å²) < 4.78 is 18.1. The van der Waals surface area contributed by atoms with Crippen LogP contribution in [0.3, 0.4) is 0 Å². The summed E-state index contributed by atoms with van der Waals surface area (Å²) in [6.07, 6.45) is 0. The Labute approximate surface area is 142 Å². The molecule has 7 heteroatoms. The molecule has 0 unspecified atom stereocenters. The van der Waals surface area contributed by atoms with Crippen LogP contribution in [0.15, 0.2) is 59.4 Å². The molecule has 0 aliphatic heterocycles. The quantitative estimate of drug-likeness (QED) is 0.765. The number of ether oxygens (including phenoxy) is 1. The third kappa shape index (κ3) is 3.89. The Bertz CT molecular complexity index is 951. The van der Waals surface area contributed by atoms with Crippen molar-refractivity contribution >= 4 is 11.6 Å². The maximum atomic E-state index is 13.0. The van der Waals surface area contributed by atoms with Gasteiger partial charge >= 0.3 is 5.69 Å². The second-order valence-corrected chi connectivity index (χ2v) is 5.17. The number of methoxy groups -OCH3 is 1. The van der Waals surface area contributed by atoms with Gasteiger partial charge in [-0.2, -0.15) is 4.98 Å². The minimum absolute atomic E-state index is 0.0511.